The van der Waals surface area contributed by atoms with Crippen molar-refractivity contribution < 1.29 is 4.79 Å². The molecule has 116 valence electrons. The molecule has 0 radical (unpaired) electrons. The Morgan fingerprint density at radius 3 is 2.30 bits per heavy atom. The van der Waals surface area contributed by atoms with E-state index >= 15 is 0 Å². The fraction of sp³-hybridized carbons (Fsp3) is 0.938. The van der Waals surface area contributed by atoms with Crippen molar-refractivity contribution in [1.29, 1.82) is 0 Å². The number of carbonyl (C=O) groups is 1. The summed E-state index contributed by atoms with van der Waals surface area (Å²) in [5.74, 6) is 1.14. The Bertz CT molecular complexity index is 310. The number of hydrogen-bond acceptors (Lipinski definition) is 3. The highest BCUT2D eigenvalue weighted by atomic mass is 16.2. The van der Waals surface area contributed by atoms with Crippen LogP contribution in [0.2, 0.25) is 0 Å². The zero-order chi connectivity index (χ0) is 14.6. The van der Waals surface area contributed by atoms with Gasteiger partial charge in [-0.15, -0.1) is 0 Å². The third kappa shape index (κ3) is 4.45. The second kappa shape index (κ2) is 6.90. The van der Waals surface area contributed by atoms with Crippen molar-refractivity contribution >= 4 is 5.91 Å². The lowest BCUT2D eigenvalue weighted by molar-refractivity contribution is -0.140. The van der Waals surface area contributed by atoms with Gasteiger partial charge in [-0.05, 0) is 51.2 Å². The molecule has 2 rings (SSSR count). The Morgan fingerprint density at radius 2 is 1.75 bits per heavy atom. The van der Waals surface area contributed by atoms with Gasteiger partial charge in [0.2, 0.25) is 5.91 Å². The molecule has 1 amide bonds. The molecular weight excluding hydrogens is 250 g/mol. The molecule has 2 N–H and O–H groups in total. The third-order valence-electron chi connectivity index (χ3n) is 4.58. The molecule has 4 heteroatoms. The van der Waals surface area contributed by atoms with E-state index in [0.29, 0.717) is 11.9 Å². The quantitative estimate of drug-likeness (QED) is 0.826. The minimum atomic E-state index is -0.241. The molecule has 2 fully saturated rings. The molecule has 0 atom stereocenters. The summed E-state index contributed by atoms with van der Waals surface area (Å²) in [5.41, 5.74) is -0.241. The maximum atomic E-state index is 12.2. The Balaban J connectivity index is 1.67. The Kier molecular flexibility index (Phi) is 5.44. The standard InChI is InChI=1S/C16H31N3O/c1-16(2,3)15(20)19-10-6-14(7-11-19)18-12-13-4-8-17-9-5-13/h13-14,17-18H,4-12H2,1-3H3. The van der Waals surface area contributed by atoms with Gasteiger partial charge < -0.3 is 15.5 Å². The van der Waals surface area contributed by atoms with Gasteiger partial charge in [-0.25, -0.2) is 0 Å². The molecule has 0 spiro atoms. The van der Waals surface area contributed by atoms with E-state index in [0.717, 1.165) is 38.4 Å². The molecule has 0 aromatic carbocycles. The van der Waals surface area contributed by atoms with Crippen LogP contribution < -0.4 is 10.6 Å². The van der Waals surface area contributed by atoms with Gasteiger partial charge in [-0.3, -0.25) is 4.79 Å². The van der Waals surface area contributed by atoms with Crippen LogP contribution >= 0.6 is 0 Å². The lowest BCUT2D eigenvalue weighted by atomic mass is 9.92. The van der Waals surface area contributed by atoms with Crippen molar-refractivity contribution in [1.82, 2.24) is 15.5 Å². The lowest BCUT2D eigenvalue weighted by Crippen LogP contribution is -2.49. The van der Waals surface area contributed by atoms with Gasteiger partial charge in [0.25, 0.3) is 0 Å². The van der Waals surface area contributed by atoms with Gasteiger partial charge in [0, 0.05) is 24.5 Å². The molecule has 20 heavy (non-hydrogen) atoms. The van der Waals surface area contributed by atoms with Gasteiger partial charge in [0.1, 0.15) is 0 Å². The summed E-state index contributed by atoms with van der Waals surface area (Å²) in [5, 5.41) is 7.14. The normalized spacial score (nSPS) is 23.1. The summed E-state index contributed by atoms with van der Waals surface area (Å²) in [7, 11) is 0. The van der Waals surface area contributed by atoms with Crippen molar-refractivity contribution in [3.05, 3.63) is 0 Å². The van der Waals surface area contributed by atoms with Crippen molar-refractivity contribution in [2.24, 2.45) is 11.3 Å². The molecular formula is C16H31N3O. The minimum Gasteiger partial charge on any atom is -0.342 e. The van der Waals surface area contributed by atoms with Crippen molar-refractivity contribution in [3.8, 4) is 0 Å². The summed E-state index contributed by atoms with van der Waals surface area (Å²) in [4.78, 5) is 14.3. The first-order valence-electron chi connectivity index (χ1n) is 8.20. The van der Waals surface area contributed by atoms with Gasteiger partial charge in [0.15, 0.2) is 0 Å². The minimum absolute atomic E-state index is 0.241. The second-order valence-electron chi connectivity index (χ2n) is 7.42. The van der Waals surface area contributed by atoms with Crippen LogP contribution in [-0.2, 0) is 4.79 Å². The van der Waals surface area contributed by atoms with Crippen molar-refractivity contribution in [2.45, 2.75) is 52.5 Å². The molecule has 0 saturated carbocycles. The van der Waals surface area contributed by atoms with Crippen molar-refractivity contribution in [3.63, 3.8) is 0 Å². The van der Waals surface area contributed by atoms with Crippen LogP contribution in [-0.4, -0.2) is 49.6 Å². The van der Waals surface area contributed by atoms with Crippen LogP contribution in [0.1, 0.15) is 46.5 Å². The number of piperidine rings is 2. The van der Waals surface area contributed by atoms with Gasteiger partial charge in [-0.1, -0.05) is 20.8 Å². The van der Waals surface area contributed by atoms with Crippen LogP contribution in [0.15, 0.2) is 0 Å². The Hall–Kier alpha value is -0.610. The Morgan fingerprint density at radius 1 is 1.15 bits per heavy atom. The summed E-state index contributed by atoms with van der Waals surface area (Å²) < 4.78 is 0. The predicted molar refractivity (Wildman–Crippen MR) is 82.7 cm³/mol. The van der Waals surface area contributed by atoms with E-state index in [-0.39, 0.29) is 5.41 Å². The molecule has 0 aliphatic carbocycles. The van der Waals surface area contributed by atoms with Crippen LogP contribution in [0.5, 0.6) is 0 Å². The molecule has 0 aromatic heterocycles. The van der Waals surface area contributed by atoms with Gasteiger partial charge in [0.05, 0.1) is 0 Å². The fourth-order valence-electron chi connectivity index (χ4n) is 3.18. The largest absolute Gasteiger partial charge is 0.342 e. The van der Waals surface area contributed by atoms with Gasteiger partial charge in [-0.2, -0.15) is 0 Å². The SMILES string of the molecule is CC(C)(C)C(=O)N1CCC(NCC2CCNCC2)CC1. The first-order chi connectivity index (χ1) is 9.47. The number of nitrogens with zero attached hydrogens (tertiary/aromatic N) is 1. The number of rotatable bonds is 3. The first kappa shape index (κ1) is 15.8. The predicted octanol–water partition coefficient (Wildman–Crippen LogP) is 1.61. The molecule has 0 bridgehead atoms. The van der Waals surface area contributed by atoms with E-state index in [2.05, 4.69) is 10.6 Å². The number of likely N-dealkylation sites (tertiary alicyclic amines) is 1. The second-order valence-corrected chi connectivity index (χ2v) is 7.42. The summed E-state index contributed by atoms with van der Waals surface area (Å²) in [6.07, 6.45) is 4.81. The molecule has 2 heterocycles. The van der Waals surface area contributed by atoms with Crippen molar-refractivity contribution in [2.75, 3.05) is 32.7 Å². The number of hydrogen-bond donors (Lipinski definition) is 2. The monoisotopic (exact) mass is 281 g/mol. The topological polar surface area (TPSA) is 44.4 Å². The molecule has 0 aromatic rings. The van der Waals surface area contributed by atoms with E-state index in [1.165, 1.54) is 25.9 Å². The lowest BCUT2D eigenvalue weighted by Gasteiger charge is -2.36. The highest BCUT2D eigenvalue weighted by Crippen LogP contribution is 2.21. The van der Waals surface area contributed by atoms with E-state index < -0.39 is 0 Å². The molecule has 0 unspecified atom stereocenters. The molecule has 4 nitrogen and oxygen atoms in total. The van der Waals surface area contributed by atoms with Crippen LogP contribution in [0, 0.1) is 11.3 Å². The molecule has 2 saturated heterocycles. The maximum absolute atomic E-state index is 12.2. The van der Waals surface area contributed by atoms with Crippen LogP contribution in [0.3, 0.4) is 0 Å². The van der Waals surface area contributed by atoms with E-state index in [4.69, 9.17) is 0 Å². The fourth-order valence-corrected chi connectivity index (χ4v) is 3.18. The first-order valence-corrected chi connectivity index (χ1v) is 8.20. The zero-order valence-electron chi connectivity index (χ0n) is 13.4. The van der Waals surface area contributed by atoms with E-state index in [1.807, 2.05) is 25.7 Å². The zero-order valence-corrected chi connectivity index (χ0v) is 13.4. The Labute approximate surface area is 123 Å². The summed E-state index contributed by atoms with van der Waals surface area (Å²) >= 11 is 0. The van der Waals surface area contributed by atoms with Crippen LogP contribution in [0.4, 0.5) is 0 Å². The average molecular weight is 281 g/mol. The number of carbonyl (C=O) groups excluding carboxylic acids is 1. The smallest absolute Gasteiger partial charge is 0.227 e. The highest BCUT2D eigenvalue weighted by molar-refractivity contribution is 5.81. The average Bonchev–Trinajstić information content (AvgIpc) is 2.45. The van der Waals surface area contributed by atoms with Gasteiger partial charge >= 0.3 is 0 Å². The van der Waals surface area contributed by atoms with E-state index in [9.17, 15) is 4.79 Å². The summed E-state index contributed by atoms with van der Waals surface area (Å²) in [6, 6.07) is 0.605. The van der Waals surface area contributed by atoms with Crippen LogP contribution in [0.25, 0.3) is 0 Å². The molecule has 2 aliphatic heterocycles. The van der Waals surface area contributed by atoms with E-state index in [1.54, 1.807) is 0 Å². The number of amides is 1. The highest BCUT2D eigenvalue weighted by Gasteiger charge is 2.30. The number of nitrogens with one attached hydrogen (secondary N) is 2. The maximum Gasteiger partial charge on any atom is 0.227 e. The molecule has 2 aliphatic rings. The third-order valence-corrected chi connectivity index (χ3v) is 4.58. The summed E-state index contributed by atoms with van der Waals surface area (Å²) in [6.45, 7) is 11.4.